The van der Waals surface area contributed by atoms with Gasteiger partial charge in [-0.15, -0.1) is 0 Å². The first kappa shape index (κ1) is 60.5. The van der Waals surface area contributed by atoms with Crippen LogP contribution in [0.4, 0.5) is 0 Å². The van der Waals surface area contributed by atoms with Gasteiger partial charge in [0.1, 0.15) is 73.2 Å². The first-order chi connectivity index (χ1) is 33.3. The van der Waals surface area contributed by atoms with Crippen LogP contribution in [0.2, 0.25) is 0 Å². The standard InChI is InChI=1S/C50H83NO18/c1-3-5-7-8-9-10-11-12-13-14-15-16-17-18-19-20-21-22-23-24-26-28-38(56)51-33(34(55)27-25-6-4-2)32-64-48-44(62)41(59)46(36(30-53)66-48)69-50-45(63)42(60)47(37(31-54)67-50)68-49-43(61)40(58)39(57)35(29-52)65-49/h5,7,9-10,12-13,15-16,18-19,25,27,33-37,39-50,52-55,57-63H,3-4,6,8,11,14,17,20-24,26,28-32H2,1-2H3,(H,51,56)/b7-5-,10-9-,13-12-,16-15-,19-18-,27-25+. The number of nitrogens with one attached hydrogen (secondary N) is 1. The van der Waals surface area contributed by atoms with E-state index in [2.05, 4.69) is 73.0 Å². The molecule has 0 saturated carbocycles. The fourth-order valence-corrected chi connectivity index (χ4v) is 7.87. The summed E-state index contributed by atoms with van der Waals surface area (Å²) in [6, 6.07) is -0.982. The number of unbranched alkanes of at least 4 members (excludes halogenated alkanes) is 6. The van der Waals surface area contributed by atoms with E-state index in [4.69, 9.17) is 28.4 Å². The van der Waals surface area contributed by atoms with Crippen LogP contribution in [0.3, 0.4) is 0 Å². The molecule has 3 saturated heterocycles. The summed E-state index contributed by atoms with van der Waals surface area (Å²) in [5.41, 5.74) is 0. The van der Waals surface area contributed by atoms with Gasteiger partial charge in [0.05, 0.1) is 38.6 Å². The molecule has 0 aliphatic carbocycles. The Balaban J connectivity index is 1.44. The lowest BCUT2D eigenvalue weighted by molar-refractivity contribution is -0.379. The van der Waals surface area contributed by atoms with Crippen LogP contribution in [-0.4, -0.2) is 193 Å². The van der Waals surface area contributed by atoms with Gasteiger partial charge in [0, 0.05) is 6.42 Å². The Morgan fingerprint density at radius 3 is 1.54 bits per heavy atom. The molecule has 69 heavy (non-hydrogen) atoms. The minimum absolute atomic E-state index is 0.213. The number of carbonyl (C=O) groups excluding carboxylic acids is 1. The van der Waals surface area contributed by atoms with Crippen molar-refractivity contribution in [3.05, 3.63) is 72.9 Å². The highest BCUT2D eigenvalue weighted by Crippen LogP contribution is 2.33. The molecule has 19 nitrogen and oxygen atoms in total. The first-order valence-electron chi connectivity index (χ1n) is 24.7. The Labute approximate surface area is 407 Å². The molecule has 0 aromatic carbocycles. The Morgan fingerprint density at radius 2 is 1.00 bits per heavy atom. The van der Waals surface area contributed by atoms with Crippen molar-refractivity contribution < 1.29 is 89.4 Å². The second-order valence-corrected chi connectivity index (χ2v) is 17.5. The average molecular weight is 986 g/mol. The van der Waals surface area contributed by atoms with Gasteiger partial charge < -0.3 is 89.9 Å². The molecule has 19 heteroatoms. The van der Waals surface area contributed by atoms with Gasteiger partial charge in [-0.1, -0.05) is 112 Å². The van der Waals surface area contributed by atoms with Gasteiger partial charge in [0.25, 0.3) is 0 Å². The Bertz CT molecular complexity index is 1560. The first-order valence-corrected chi connectivity index (χ1v) is 24.7. The normalized spacial score (nSPS) is 33.5. The molecule has 3 heterocycles. The molecule has 3 rings (SSSR count). The predicted molar refractivity (Wildman–Crippen MR) is 254 cm³/mol. The fraction of sp³-hybridized carbons (Fsp3) is 0.740. The van der Waals surface area contributed by atoms with E-state index in [-0.39, 0.29) is 18.9 Å². The molecule has 0 bridgehead atoms. The third-order valence-corrected chi connectivity index (χ3v) is 12.0. The van der Waals surface area contributed by atoms with E-state index in [1.165, 1.54) is 6.08 Å². The minimum Gasteiger partial charge on any atom is -0.394 e. The zero-order valence-corrected chi connectivity index (χ0v) is 40.2. The van der Waals surface area contributed by atoms with Crippen molar-refractivity contribution >= 4 is 5.91 Å². The monoisotopic (exact) mass is 986 g/mol. The summed E-state index contributed by atoms with van der Waals surface area (Å²) < 4.78 is 33.8. The van der Waals surface area contributed by atoms with Crippen LogP contribution in [0.5, 0.6) is 0 Å². The van der Waals surface area contributed by atoms with Crippen LogP contribution in [-0.2, 0) is 33.2 Å². The molecule has 3 aliphatic rings. The second kappa shape index (κ2) is 34.6. The summed E-state index contributed by atoms with van der Waals surface area (Å²) in [6.07, 6.45) is 10.3. The van der Waals surface area contributed by atoms with Crippen molar-refractivity contribution in [2.75, 3.05) is 26.4 Å². The number of ether oxygens (including phenoxy) is 6. The molecule has 3 fully saturated rings. The summed E-state index contributed by atoms with van der Waals surface area (Å²) in [6.45, 7) is 1.29. The minimum atomic E-state index is -1.98. The number of aliphatic hydroxyl groups excluding tert-OH is 11. The van der Waals surface area contributed by atoms with Crippen molar-refractivity contribution in [3.63, 3.8) is 0 Å². The molecule has 0 aromatic heterocycles. The van der Waals surface area contributed by atoms with E-state index in [9.17, 15) is 61.0 Å². The van der Waals surface area contributed by atoms with Crippen LogP contribution in [0.1, 0.15) is 104 Å². The Morgan fingerprint density at radius 1 is 0.536 bits per heavy atom. The van der Waals surface area contributed by atoms with Crippen LogP contribution in [0, 0.1) is 0 Å². The molecule has 0 radical (unpaired) electrons. The zero-order chi connectivity index (χ0) is 50.6. The molecule has 17 atom stereocenters. The number of hydrogen-bond acceptors (Lipinski definition) is 18. The highest BCUT2D eigenvalue weighted by atomic mass is 16.8. The molecule has 1 amide bonds. The van der Waals surface area contributed by atoms with E-state index in [1.807, 2.05) is 6.92 Å². The highest BCUT2D eigenvalue weighted by molar-refractivity contribution is 5.76. The highest BCUT2D eigenvalue weighted by Gasteiger charge is 2.53. The van der Waals surface area contributed by atoms with Crippen LogP contribution >= 0.6 is 0 Å². The number of rotatable bonds is 32. The van der Waals surface area contributed by atoms with Crippen molar-refractivity contribution in [3.8, 4) is 0 Å². The largest absolute Gasteiger partial charge is 0.394 e. The van der Waals surface area contributed by atoms with Gasteiger partial charge in [-0.05, 0) is 57.8 Å². The molecule has 3 aliphatic heterocycles. The van der Waals surface area contributed by atoms with E-state index >= 15 is 0 Å². The van der Waals surface area contributed by atoms with Crippen LogP contribution < -0.4 is 5.32 Å². The molecule has 12 N–H and O–H groups in total. The lowest BCUT2D eigenvalue weighted by Crippen LogP contribution is -2.66. The summed E-state index contributed by atoms with van der Waals surface area (Å²) in [4.78, 5) is 13.1. The molecule has 396 valence electrons. The number of aliphatic hydroxyl groups is 11. The van der Waals surface area contributed by atoms with Gasteiger partial charge >= 0.3 is 0 Å². The van der Waals surface area contributed by atoms with Gasteiger partial charge in [-0.2, -0.15) is 0 Å². The van der Waals surface area contributed by atoms with E-state index in [0.29, 0.717) is 12.8 Å². The predicted octanol–water partition coefficient (Wildman–Crippen LogP) is 1.14. The quantitative estimate of drug-likeness (QED) is 0.0332. The van der Waals surface area contributed by atoms with Crippen molar-refractivity contribution in [2.24, 2.45) is 0 Å². The SMILES string of the molecule is CC/C=C\C/C=C\C/C=C\C/C=C\C/C=C\CCCCCCCC(=O)NC(COC1OC(CO)C(OC2OC(CO)C(OC3OC(CO)C(O)C(O)C3O)C(O)C2O)C(O)C1O)C(O)/C=C/CCC. The summed E-state index contributed by atoms with van der Waals surface area (Å²) in [7, 11) is 0. The van der Waals surface area contributed by atoms with Gasteiger partial charge in [-0.25, -0.2) is 0 Å². The lowest BCUT2D eigenvalue weighted by Gasteiger charge is -2.48. The van der Waals surface area contributed by atoms with E-state index < -0.39 is 124 Å². The maximum absolute atomic E-state index is 13.1. The topological polar surface area (TPSA) is 307 Å². The van der Waals surface area contributed by atoms with Gasteiger partial charge in [0.15, 0.2) is 18.9 Å². The fourth-order valence-electron chi connectivity index (χ4n) is 7.87. The third kappa shape index (κ3) is 20.7. The molecule has 0 aromatic rings. The summed E-state index contributed by atoms with van der Waals surface area (Å²) in [5.74, 6) is -0.313. The van der Waals surface area contributed by atoms with Crippen LogP contribution in [0.25, 0.3) is 0 Å². The lowest BCUT2D eigenvalue weighted by atomic mass is 9.96. The van der Waals surface area contributed by atoms with Gasteiger partial charge in [0.2, 0.25) is 5.91 Å². The van der Waals surface area contributed by atoms with Gasteiger partial charge in [-0.3, -0.25) is 4.79 Å². The Hall–Kier alpha value is -2.77. The maximum atomic E-state index is 13.1. The second-order valence-electron chi connectivity index (χ2n) is 17.5. The molecular weight excluding hydrogens is 903 g/mol. The molecular formula is C50H83NO18. The van der Waals surface area contributed by atoms with Crippen molar-refractivity contribution in [2.45, 2.75) is 208 Å². The summed E-state index contributed by atoms with van der Waals surface area (Å²) in [5, 5.41) is 119. The number of amides is 1. The van der Waals surface area contributed by atoms with Crippen LogP contribution in [0.15, 0.2) is 72.9 Å². The Kier molecular flexibility index (Phi) is 30.3. The zero-order valence-electron chi connectivity index (χ0n) is 40.2. The van der Waals surface area contributed by atoms with Crippen molar-refractivity contribution in [1.82, 2.24) is 5.32 Å². The third-order valence-electron chi connectivity index (χ3n) is 12.0. The number of hydrogen-bond donors (Lipinski definition) is 12. The molecule has 0 spiro atoms. The van der Waals surface area contributed by atoms with E-state index in [0.717, 1.165) is 70.6 Å². The summed E-state index contributed by atoms with van der Waals surface area (Å²) >= 11 is 0. The van der Waals surface area contributed by atoms with Crippen molar-refractivity contribution in [1.29, 1.82) is 0 Å². The number of allylic oxidation sites excluding steroid dienone is 11. The molecule has 17 unspecified atom stereocenters. The maximum Gasteiger partial charge on any atom is 0.220 e. The average Bonchev–Trinajstić information content (AvgIpc) is 3.34. The van der Waals surface area contributed by atoms with E-state index in [1.54, 1.807) is 6.08 Å². The smallest absolute Gasteiger partial charge is 0.220 e. The number of carbonyl (C=O) groups is 1.